The Morgan fingerprint density at radius 3 is 2.57 bits per heavy atom. The topological polar surface area (TPSA) is 145 Å². The van der Waals surface area contributed by atoms with E-state index in [0.29, 0.717) is 43.7 Å². The summed E-state index contributed by atoms with van der Waals surface area (Å²) in [6.45, 7) is 4.68. The maximum atomic E-state index is 13.8. The fraction of sp³-hybridized carbons (Fsp3) is 0.517. The number of hydrogen-bond donors (Lipinski definition) is 1. The van der Waals surface area contributed by atoms with Crippen LogP contribution < -0.4 is 10.1 Å². The number of hydrogen-bond acceptors (Lipinski definition) is 8. The molecule has 1 aromatic carbocycles. The summed E-state index contributed by atoms with van der Waals surface area (Å²) in [4.78, 5) is 59.3. The van der Waals surface area contributed by atoms with Gasteiger partial charge in [0.1, 0.15) is 23.7 Å². The van der Waals surface area contributed by atoms with Gasteiger partial charge in [0.15, 0.2) is 6.61 Å². The van der Waals surface area contributed by atoms with Gasteiger partial charge in [0.2, 0.25) is 5.91 Å². The third kappa shape index (κ3) is 7.43. The highest BCUT2D eigenvalue weighted by atomic mass is 19.1. The molecule has 3 heterocycles. The Hall–Kier alpha value is -4.47. The van der Waals surface area contributed by atoms with Crippen LogP contribution in [0.15, 0.2) is 24.3 Å². The largest absolute Gasteiger partial charge is 0.483 e. The molecule has 0 bridgehead atoms. The summed E-state index contributed by atoms with van der Waals surface area (Å²) in [6.07, 6.45) is 0.0251. The number of aryl methyl sites for hydroxylation is 1. The minimum absolute atomic E-state index is 0.0112. The van der Waals surface area contributed by atoms with Gasteiger partial charge >= 0.3 is 6.09 Å². The number of amides is 4. The highest BCUT2D eigenvalue weighted by molar-refractivity contribution is 5.98. The second-order valence-corrected chi connectivity index (χ2v) is 10.4. The van der Waals surface area contributed by atoms with Gasteiger partial charge < -0.3 is 29.5 Å². The van der Waals surface area contributed by atoms with Gasteiger partial charge in [0, 0.05) is 44.1 Å². The van der Waals surface area contributed by atoms with Crippen molar-refractivity contribution in [1.82, 2.24) is 25.0 Å². The van der Waals surface area contributed by atoms with E-state index in [-0.39, 0.29) is 36.9 Å². The van der Waals surface area contributed by atoms with Crippen molar-refractivity contribution in [3.8, 4) is 11.8 Å². The minimum atomic E-state index is -1.27. The zero-order valence-electron chi connectivity index (χ0n) is 23.8. The molecule has 2 aliphatic rings. The summed E-state index contributed by atoms with van der Waals surface area (Å²) in [5.74, 6) is -1.23. The summed E-state index contributed by atoms with van der Waals surface area (Å²) in [5, 5.41) is 12.4. The molecule has 2 aromatic rings. The lowest BCUT2D eigenvalue weighted by atomic mass is 10.1. The lowest BCUT2D eigenvalue weighted by Crippen LogP contribution is -2.52. The number of rotatable bonds is 9. The van der Waals surface area contributed by atoms with Crippen molar-refractivity contribution in [3.05, 3.63) is 35.5 Å². The van der Waals surface area contributed by atoms with Crippen LogP contribution in [0.2, 0.25) is 0 Å². The van der Waals surface area contributed by atoms with Gasteiger partial charge in [0.25, 0.3) is 11.8 Å². The number of fused-ring (bicyclic) bond motifs is 1. The van der Waals surface area contributed by atoms with Crippen LogP contribution in [0.3, 0.4) is 0 Å². The Balaban J connectivity index is 1.36. The van der Waals surface area contributed by atoms with Crippen LogP contribution in [0.5, 0.6) is 5.75 Å². The third-order valence-electron chi connectivity index (χ3n) is 7.24. The lowest BCUT2D eigenvalue weighted by molar-refractivity contribution is -0.133. The Bertz CT molecular complexity index is 1370. The molecule has 0 spiro atoms. The van der Waals surface area contributed by atoms with Crippen LogP contribution in [-0.4, -0.2) is 108 Å². The maximum Gasteiger partial charge on any atom is 0.409 e. The van der Waals surface area contributed by atoms with Gasteiger partial charge in [-0.2, -0.15) is 5.26 Å². The van der Waals surface area contributed by atoms with Gasteiger partial charge in [-0.3, -0.25) is 14.4 Å². The van der Waals surface area contributed by atoms with E-state index >= 15 is 0 Å². The molecular formula is C29H35FN6O6. The summed E-state index contributed by atoms with van der Waals surface area (Å²) in [5.41, 5.74) is 1.34. The lowest BCUT2D eigenvalue weighted by Gasteiger charge is -2.34. The molecule has 1 N–H and O–H groups in total. The van der Waals surface area contributed by atoms with E-state index in [4.69, 9.17) is 9.47 Å². The van der Waals surface area contributed by atoms with E-state index in [9.17, 15) is 28.8 Å². The van der Waals surface area contributed by atoms with Crippen molar-refractivity contribution in [3.63, 3.8) is 0 Å². The number of carbonyl (C=O) groups excluding carboxylic acids is 4. The highest BCUT2D eigenvalue weighted by Gasteiger charge is 2.35. The van der Waals surface area contributed by atoms with Crippen LogP contribution in [0, 0.1) is 18.3 Å². The fourth-order valence-electron chi connectivity index (χ4n) is 4.84. The first-order chi connectivity index (χ1) is 20.2. The van der Waals surface area contributed by atoms with Crippen molar-refractivity contribution in [1.29, 1.82) is 5.26 Å². The zero-order valence-corrected chi connectivity index (χ0v) is 23.8. The Morgan fingerprint density at radius 1 is 1.12 bits per heavy atom. The van der Waals surface area contributed by atoms with Gasteiger partial charge in [0.05, 0.1) is 31.3 Å². The summed E-state index contributed by atoms with van der Waals surface area (Å²) in [7, 11) is 0. The summed E-state index contributed by atoms with van der Waals surface area (Å²) >= 11 is 0. The van der Waals surface area contributed by atoms with Crippen LogP contribution >= 0.6 is 0 Å². The molecule has 4 amide bonds. The van der Waals surface area contributed by atoms with Crippen LogP contribution in [0.1, 0.15) is 42.2 Å². The minimum Gasteiger partial charge on any atom is -0.483 e. The van der Waals surface area contributed by atoms with Crippen LogP contribution in [0.4, 0.5) is 9.18 Å². The van der Waals surface area contributed by atoms with Gasteiger partial charge in [-0.1, -0.05) is 19.4 Å². The smallest absolute Gasteiger partial charge is 0.409 e. The number of nitrogens with one attached hydrogen (secondary N) is 1. The van der Waals surface area contributed by atoms with E-state index < -0.39 is 36.7 Å². The maximum absolute atomic E-state index is 13.8. The molecule has 2 aliphatic heterocycles. The number of alkyl halides is 1. The normalized spacial score (nSPS) is 18.5. The van der Waals surface area contributed by atoms with Crippen molar-refractivity contribution < 1.29 is 33.0 Å². The Morgan fingerprint density at radius 2 is 1.86 bits per heavy atom. The van der Waals surface area contributed by atoms with Crippen molar-refractivity contribution in [2.75, 3.05) is 52.5 Å². The number of nitrogens with zero attached hydrogens (tertiary/aromatic N) is 5. The van der Waals surface area contributed by atoms with Gasteiger partial charge in [-0.05, 0) is 31.0 Å². The molecule has 2 atom stereocenters. The number of nitriles is 1. The summed E-state index contributed by atoms with van der Waals surface area (Å²) < 4.78 is 24.8. The van der Waals surface area contributed by atoms with Gasteiger partial charge in [-0.25, -0.2) is 14.2 Å². The van der Waals surface area contributed by atoms with E-state index in [0.717, 1.165) is 23.3 Å². The van der Waals surface area contributed by atoms with Crippen LogP contribution in [0.25, 0.3) is 10.9 Å². The average molecular weight is 583 g/mol. The fourth-order valence-corrected chi connectivity index (χ4v) is 4.84. The molecule has 4 rings (SSSR count). The number of pyridine rings is 1. The molecule has 0 unspecified atom stereocenters. The number of unbranched alkanes of at least 4 members (excludes halogenated alkanes) is 1. The van der Waals surface area contributed by atoms with E-state index in [2.05, 4.69) is 10.3 Å². The number of carbonyl (C=O) groups is 4. The second kappa shape index (κ2) is 13.9. The third-order valence-corrected chi connectivity index (χ3v) is 7.24. The van der Waals surface area contributed by atoms with Crippen molar-refractivity contribution in [2.45, 2.75) is 45.3 Å². The molecule has 224 valence electrons. The molecular weight excluding hydrogens is 547 g/mol. The predicted octanol–water partition coefficient (Wildman–Crippen LogP) is 2.20. The quantitative estimate of drug-likeness (QED) is 0.443. The first-order valence-electron chi connectivity index (χ1n) is 14.0. The molecule has 2 fully saturated rings. The molecule has 12 nitrogen and oxygen atoms in total. The first-order valence-corrected chi connectivity index (χ1v) is 14.0. The number of benzene rings is 1. The summed E-state index contributed by atoms with van der Waals surface area (Å²) in [6, 6.07) is 7.83. The number of aromatic nitrogens is 1. The zero-order chi connectivity index (χ0) is 30.2. The first kappa shape index (κ1) is 30.5. The SMILES string of the molecule is CCCCOC(=O)N1CCN(C(=O)CNC(=O)c2cc(OCC(=O)N3C[C@@H](F)C[C@H]3C#N)c3ccc(C)cc3n2)CC1. The van der Waals surface area contributed by atoms with E-state index in [1.807, 2.05) is 26.0 Å². The average Bonchev–Trinajstić information content (AvgIpc) is 3.38. The number of likely N-dealkylation sites (tertiary alicyclic amines) is 1. The predicted molar refractivity (Wildman–Crippen MR) is 149 cm³/mol. The van der Waals surface area contributed by atoms with Crippen molar-refractivity contribution in [2.24, 2.45) is 0 Å². The molecule has 2 saturated heterocycles. The van der Waals surface area contributed by atoms with E-state index in [1.165, 1.54) is 6.07 Å². The second-order valence-electron chi connectivity index (χ2n) is 10.4. The molecule has 13 heteroatoms. The van der Waals surface area contributed by atoms with Crippen molar-refractivity contribution >= 4 is 34.7 Å². The number of halogens is 1. The van der Waals surface area contributed by atoms with E-state index in [1.54, 1.807) is 21.9 Å². The monoisotopic (exact) mass is 582 g/mol. The van der Waals surface area contributed by atoms with Gasteiger partial charge in [-0.15, -0.1) is 0 Å². The molecule has 1 aromatic heterocycles. The molecule has 0 saturated carbocycles. The standard InChI is InChI=1S/C29H35FN6O6/c1-3-4-11-41-29(40)35-9-7-34(8-10-35)26(37)16-32-28(39)24-14-25(22-6-5-19(2)12-23(22)33-24)42-18-27(38)36-17-20(30)13-21(36)15-31/h5-6,12,14,20-21H,3-4,7-11,13,16-18H2,1-2H3,(H,32,39)/t20-,21-/m0/s1. The molecule has 0 aliphatic carbocycles. The number of piperazine rings is 1. The Labute approximate surface area is 243 Å². The molecule has 42 heavy (non-hydrogen) atoms. The highest BCUT2D eigenvalue weighted by Crippen LogP contribution is 2.27. The van der Waals surface area contributed by atoms with Crippen LogP contribution in [-0.2, 0) is 14.3 Å². The molecule has 0 radical (unpaired) electrons. The number of ether oxygens (including phenoxy) is 2. The Kier molecular flexibility index (Phi) is 10.1.